The average molecular weight is 498 g/mol. The number of carbonyl (C=O) groups excluding carboxylic acids is 1. The molecule has 0 aliphatic carbocycles. The molecule has 1 amide bonds. The van der Waals surface area contributed by atoms with E-state index in [1.165, 1.54) is 0 Å². The molecule has 1 atom stereocenters. The molecule has 0 radical (unpaired) electrons. The van der Waals surface area contributed by atoms with Crippen LogP contribution in [0, 0.1) is 0 Å². The molecule has 8 heteroatoms. The normalized spacial score (nSPS) is 11.9. The van der Waals surface area contributed by atoms with Crippen molar-refractivity contribution >= 4 is 27.7 Å². The van der Waals surface area contributed by atoms with Gasteiger partial charge < -0.3 is 29.6 Å². The molecule has 0 bridgehead atoms. The summed E-state index contributed by atoms with van der Waals surface area (Å²) in [7, 11) is 4.65. The summed E-state index contributed by atoms with van der Waals surface area (Å²) < 4.78 is 16.6. The number of hydrogen-bond acceptors (Lipinski definition) is 6. The van der Waals surface area contributed by atoms with Crippen molar-refractivity contribution < 1.29 is 24.1 Å². The fourth-order valence-corrected chi connectivity index (χ4v) is 4.46. The van der Waals surface area contributed by atoms with Crippen LogP contribution in [-0.2, 0) is 0 Å². The van der Waals surface area contributed by atoms with Crippen molar-refractivity contribution in [2.45, 2.75) is 6.10 Å². The fourth-order valence-electron chi connectivity index (χ4n) is 4.46. The Morgan fingerprint density at radius 2 is 1.59 bits per heavy atom. The lowest BCUT2D eigenvalue weighted by atomic mass is 10.0. The smallest absolute Gasteiger partial charge is 0.270 e. The van der Waals surface area contributed by atoms with Gasteiger partial charge in [-0.15, -0.1) is 0 Å². The number of methoxy groups -OCH3 is 3. The first-order valence-electron chi connectivity index (χ1n) is 11.8. The minimum absolute atomic E-state index is 0.0516. The molecule has 3 aromatic carbocycles. The van der Waals surface area contributed by atoms with E-state index >= 15 is 0 Å². The second kappa shape index (κ2) is 10.2. The summed E-state index contributed by atoms with van der Waals surface area (Å²) in [5.74, 6) is 1.02. The highest BCUT2D eigenvalue weighted by Gasteiger charge is 2.21. The quantitative estimate of drug-likeness (QED) is 0.282. The zero-order valence-corrected chi connectivity index (χ0v) is 20.7. The lowest BCUT2D eigenvalue weighted by Gasteiger charge is -2.15. The summed E-state index contributed by atoms with van der Waals surface area (Å²) in [4.78, 5) is 21.4. The number of para-hydroxylation sites is 1. The van der Waals surface area contributed by atoms with Crippen LogP contribution in [0.3, 0.4) is 0 Å². The largest absolute Gasteiger partial charge is 0.493 e. The molecule has 8 nitrogen and oxygen atoms in total. The molecule has 3 N–H and O–H groups in total. The number of pyridine rings is 1. The number of aliphatic hydroxyl groups excluding tert-OH is 1. The molecule has 0 aliphatic rings. The van der Waals surface area contributed by atoms with Crippen LogP contribution < -0.4 is 19.5 Å². The zero-order chi connectivity index (χ0) is 25.9. The molecule has 5 rings (SSSR count). The van der Waals surface area contributed by atoms with E-state index < -0.39 is 12.0 Å². The molecular weight excluding hydrogens is 470 g/mol. The summed E-state index contributed by atoms with van der Waals surface area (Å²) in [6.45, 7) is 0.0516. The van der Waals surface area contributed by atoms with Crippen LogP contribution in [0.4, 0.5) is 0 Å². The second-order valence-corrected chi connectivity index (χ2v) is 8.50. The van der Waals surface area contributed by atoms with Crippen molar-refractivity contribution in [2.75, 3.05) is 27.9 Å². The fraction of sp³-hybridized carbons (Fsp3) is 0.172. The maximum atomic E-state index is 13.2. The van der Waals surface area contributed by atoms with Gasteiger partial charge >= 0.3 is 0 Å². The van der Waals surface area contributed by atoms with Gasteiger partial charge in [0.25, 0.3) is 5.91 Å². The summed E-state index contributed by atoms with van der Waals surface area (Å²) in [6, 6.07) is 22.4. The maximum Gasteiger partial charge on any atom is 0.270 e. The molecule has 0 saturated heterocycles. The van der Waals surface area contributed by atoms with Gasteiger partial charge in [0.1, 0.15) is 5.69 Å². The first-order chi connectivity index (χ1) is 18.0. The van der Waals surface area contributed by atoms with E-state index in [1.807, 2.05) is 54.6 Å². The lowest BCUT2D eigenvalue weighted by Crippen LogP contribution is -2.29. The van der Waals surface area contributed by atoms with E-state index in [4.69, 9.17) is 19.2 Å². The van der Waals surface area contributed by atoms with Crippen LogP contribution in [0.1, 0.15) is 22.2 Å². The topological polar surface area (TPSA) is 106 Å². The Hall–Kier alpha value is -4.56. The number of carbonyl (C=O) groups is 1. The van der Waals surface area contributed by atoms with Crippen LogP contribution >= 0.6 is 0 Å². The van der Waals surface area contributed by atoms with Gasteiger partial charge in [0.2, 0.25) is 5.75 Å². The molecule has 5 aromatic rings. The Kier molecular flexibility index (Phi) is 6.66. The Bertz CT molecular complexity index is 1550. The third kappa shape index (κ3) is 4.54. The first kappa shape index (κ1) is 24.1. The predicted octanol–water partition coefficient (Wildman–Crippen LogP) is 4.87. The number of ether oxygens (including phenoxy) is 3. The highest BCUT2D eigenvalue weighted by Crippen LogP contribution is 2.42. The lowest BCUT2D eigenvalue weighted by molar-refractivity contribution is 0.0911. The Labute approximate surface area is 213 Å². The number of hydrogen-bond donors (Lipinski definition) is 3. The standard InChI is InChI=1S/C29H27N3O5/c1-35-24-13-18(14-25(36-2)28(24)37-3)26-27-20(19-11-7-8-12-21(19)31-27)15-22(32-26)29(34)30-16-23(33)17-9-5-4-6-10-17/h4-15,23,31,33H,16H2,1-3H3,(H,30,34)/t23-/m1/s1. The number of fused-ring (bicyclic) bond motifs is 3. The molecule has 0 aliphatic heterocycles. The van der Waals surface area contributed by atoms with Crippen LogP contribution in [-0.4, -0.2) is 48.9 Å². The Morgan fingerprint density at radius 3 is 2.27 bits per heavy atom. The van der Waals surface area contributed by atoms with E-state index in [2.05, 4.69) is 10.3 Å². The van der Waals surface area contributed by atoms with E-state index in [0.717, 1.165) is 27.4 Å². The summed E-state index contributed by atoms with van der Waals surface area (Å²) >= 11 is 0. The van der Waals surface area contributed by atoms with Crippen LogP contribution in [0.25, 0.3) is 33.1 Å². The van der Waals surface area contributed by atoms with Gasteiger partial charge in [0.05, 0.1) is 38.6 Å². The van der Waals surface area contributed by atoms with Crippen molar-refractivity contribution in [1.82, 2.24) is 15.3 Å². The number of aliphatic hydroxyl groups is 1. The molecule has 37 heavy (non-hydrogen) atoms. The van der Waals surface area contributed by atoms with Gasteiger partial charge in [-0.05, 0) is 29.8 Å². The molecule has 2 heterocycles. The number of nitrogens with zero attached hydrogens (tertiary/aromatic N) is 1. The highest BCUT2D eigenvalue weighted by atomic mass is 16.5. The Morgan fingerprint density at radius 1 is 0.919 bits per heavy atom. The van der Waals surface area contributed by atoms with E-state index in [1.54, 1.807) is 39.5 Å². The number of nitrogens with one attached hydrogen (secondary N) is 2. The first-order valence-corrected chi connectivity index (χ1v) is 11.8. The van der Waals surface area contributed by atoms with Crippen LogP contribution in [0.15, 0.2) is 72.8 Å². The second-order valence-electron chi connectivity index (χ2n) is 8.50. The van der Waals surface area contributed by atoms with Gasteiger partial charge in [-0.3, -0.25) is 4.79 Å². The van der Waals surface area contributed by atoms with E-state index in [0.29, 0.717) is 28.5 Å². The number of benzene rings is 3. The zero-order valence-electron chi connectivity index (χ0n) is 20.7. The molecular formula is C29H27N3O5. The van der Waals surface area contributed by atoms with Crippen molar-refractivity contribution in [1.29, 1.82) is 0 Å². The van der Waals surface area contributed by atoms with Crippen molar-refractivity contribution in [3.8, 4) is 28.5 Å². The average Bonchev–Trinajstić information content (AvgIpc) is 3.33. The third-order valence-electron chi connectivity index (χ3n) is 6.31. The minimum Gasteiger partial charge on any atom is -0.493 e. The molecule has 0 saturated carbocycles. The third-order valence-corrected chi connectivity index (χ3v) is 6.31. The minimum atomic E-state index is -0.837. The molecule has 2 aromatic heterocycles. The SMILES string of the molecule is COc1cc(-c2nc(C(=O)NC[C@@H](O)c3ccccc3)cc3c2[nH]c2ccccc23)cc(OC)c1OC. The van der Waals surface area contributed by atoms with Gasteiger partial charge in [0, 0.05) is 28.4 Å². The van der Waals surface area contributed by atoms with Gasteiger partial charge in [-0.25, -0.2) is 4.98 Å². The number of aromatic amines is 1. The van der Waals surface area contributed by atoms with Crippen molar-refractivity contribution in [2.24, 2.45) is 0 Å². The summed E-state index contributed by atoms with van der Waals surface area (Å²) in [6.07, 6.45) is -0.837. The number of H-pyrrole nitrogens is 1. The number of aromatic nitrogens is 2. The predicted molar refractivity (Wildman–Crippen MR) is 142 cm³/mol. The van der Waals surface area contributed by atoms with Gasteiger partial charge in [-0.1, -0.05) is 48.5 Å². The molecule has 188 valence electrons. The highest BCUT2D eigenvalue weighted by molar-refractivity contribution is 6.13. The van der Waals surface area contributed by atoms with Crippen LogP contribution in [0.2, 0.25) is 0 Å². The van der Waals surface area contributed by atoms with E-state index in [9.17, 15) is 9.90 Å². The number of rotatable bonds is 8. The van der Waals surface area contributed by atoms with Gasteiger partial charge in [0.15, 0.2) is 11.5 Å². The molecule has 0 unspecified atom stereocenters. The molecule has 0 fully saturated rings. The van der Waals surface area contributed by atoms with E-state index in [-0.39, 0.29) is 12.2 Å². The Balaban J connectivity index is 1.61. The van der Waals surface area contributed by atoms with Crippen molar-refractivity contribution in [3.63, 3.8) is 0 Å². The van der Waals surface area contributed by atoms with Gasteiger partial charge in [-0.2, -0.15) is 0 Å². The maximum absolute atomic E-state index is 13.2. The summed E-state index contributed by atoms with van der Waals surface area (Å²) in [5.41, 5.74) is 3.88. The number of amides is 1. The monoisotopic (exact) mass is 497 g/mol. The summed E-state index contributed by atoms with van der Waals surface area (Å²) in [5, 5.41) is 15.1. The van der Waals surface area contributed by atoms with Crippen LogP contribution in [0.5, 0.6) is 17.2 Å². The van der Waals surface area contributed by atoms with Crippen molar-refractivity contribution in [3.05, 3.63) is 84.1 Å². The molecule has 0 spiro atoms.